The van der Waals surface area contributed by atoms with Gasteiger partial charge in [-0.2, -0.15) is 0 Å². The smallest absolute Gasteiger partial charge is 0.404 e. The first-order valence-electron chi connectivity index (χ1n) is 5.28. The topological polar surface area (TPSA) is 79.8 Å². The minimum Gasteiger partial charge on any atom is -0.404 e. The van der Waals surface area contributed by atoms with E-state index < -0.39 is 4.92 Å². The third-order valence-electron chi connectivity index (χ3n) is 2.64. The molecule has 1 aromatic heterocycles. The van der Waals surface area contributed by atoms with Gasteiger partial charge in [0.15, 0.2) is 0 Å². The Kier molecular flexibility index (Phi) is 3.21. The third kappa shape index (κ3) is 2.59. The summed E-state index contributed by atoms with van der Waals surface area (Å²) in [4.78, 5) is 12.0. The molecule has 1 N–H and O–H groups in total. The summed E-state index contributed by atoms with van der Waals surface area (Å²) in [5, 5.41) is 19.3. The lowest BCUT2D eigenvalue weighted by Gasteiger charge is -2.18. The van der Waals surface area contributed by atoms with E-state index in [2.05, 4.69) is 4.90 Å². The molecule has 2 rings (SSSR count). The Morgan fingerprint density at radius 3 is 2.81 bits per heavy atom. The van der Waals surface area contributed by atoms with Crippen LogP contribution >= 0.6 is 0 Å². The maximum Gasteiger partial charge on any atom is 0.433 e. The van der Waals surface area contributed by atoms with Gasteiger partial charge in [-0.25, -0.2) is 0 Å². The van der Waals surface area contributed by atoms with Gasteiger partial charge in [0.05, 0.1) is 19.2 Å². The summed E-state index contributed by atoms with van der Waals surface area (Å²) < 4.78 is 5.08. The van der Waals surface area contributed by atoms with E-state index in [-0.39, 0.29) is 12.5 Å². The van der Waals surface area contributed by atoms with Crippen molar-refractivity contribution in [2.75, 3.05) is 13.2 Å². The number of nitro groups is 1. The third-order valence-corrected chi connectivity index (χ3v) is 2.64. The zero-order valence-electron chi connectivity index (χ0n) is 8.83. The Morgan fingerprint density at radius 2 is 2.31 bits per heavy atom. The van der Waals surface area contributed by atoms with Gasteiger partial charge in [-0.05, 0) is 18.9 Å². The van der Waals surface area contributed by atoms with Crippen molar-refractivity contribution in [3.63, 3.8) is 0 Å². The first-order chi connectivity index (χ1) is 7.70. The van der Waals surface area contributed by atoms with E-state index in [4.69, 9.17) is 9.52 Å². The van der Waals surface area contributed by atoms with E-state index in [9.17, 15) is 10.1 Å². The number of aliphatic hydroxyl groups excluding tert-OH is 1. The van der Waals surface area contributed by atoms with Gasteiger partial charge < -0.3 is 9.52 Å². The average Bonchev–Trinajstić information content (AvgIpc) is 2.98. The van der Waals surface area contributed by atoms with Crippen LogP contribution in [0.2, 0.25) is 0 Å². The molecule has 1 fully saturated rings. The highest BCUT2D eigenvalue weighted by Crippen LogP contribution is 2.28. The number of rotatable bonds is 6. The van der Waals surface area contributed by atoms with Gasteiger partial charge >= 0.3 is 5.88 Å². The van der Waals surface area contributed by atoms with Crippen molar-refractivity contribution >= 4 is 5.88 Å². The number of nitrogens with zero attached hydrogens (tertiary/aromatic N) is 2. The molecule has 0 amide bonds. The summed E-state index contributed by atoms with van der Waals surface area (Å²) in [6.07, 6.45) is 2.26. The largest absolute Gasteiger partial charge is 0.433 e. The van der Waals surface area contributed by atoms with E-state index in [1.807, 2.05) is 0 Å². The molecule has 0 aliphatic heterocycles. The number of hydrogen-bond acceptors (Lipinski definition) is 5. The molecule has 16 heavy (non-hydrogen) atoms. The Bertz CT molecular complexity index is 373. The van der Waals surface area contributed by atoms with Crippen LogP contribution in [0.15, 0.2) is 16.5 Å². The molecule has 1 aliphatic rings. The SMILES string of the molecule is O=[N+]([O-])c1ccc(CN(CCO)C2CC2)o1. The van der Waals surface area contributed by atoms with Crippen LogP contribution in [0.4, 0.5) is 5.88 Å². The van der Waals surface area contributed by atoms with E-state index in [1.54, 1.807) is 6.07 Å². The van der Waals surface area contributed by atoms with Crippen molar-refractivity contribution < 1.29 is 14.4 Å². The molecule has 1 aliphatic carbocycles. The molecule has 0 saturated heterocycles. The Hall–Kier alpha value is -1.40. The van der Waals surface area contributed by atoms with Crippen molar-refractivity contribution in [1.29, 1.82) is 0 Å². The molecule has 6 heteroatoms. The summed E-state index contributed by atoms with van der Waals surface area (Å²) >= 11 is 0. The normalized spacial score (nSPS) is 15.6. The molecule has 1 aromatic rings. The summed E-state index contributed by atoms with van der Waals surface area (Å²) in [5.74, 6) is 0.349. The fourth-order valence-corrected chi connectivity index (χ4v) is 1.71. The summed E-state index contributed by atoms with van der Waals surface area (Å²) in [7, 11) is 0. The van der Waals surface area contributed by atoms with Crippen LogP contribution in [-0.2, 0) is 6.54 Å². The van der Waals surface area contributed by atoms with Crippen molar-refractivity contribution in [2.45, 2.75) is 25.4 Å². The quantitative estimate of drug-likeness (QED) is 0.581. The van der Waals surface area contributed by atoms with Gasteiger partial charge in [-0.15, -0.1) is 0 Å². The van der Waals surface area contributed by atoms with E-state index in [0.29, 0.717) is 24.9 Å². The lowest BCUT2D eigenvalue weighted by molar-refractivity contribution is -0.402. The van der Waals surface area contributed by atoms with Crippen LogP contribution in [0, 0.1) is 10.1 Å². The summed E-state index contributed by atoms with van der Waals surface area (Å²) in [6.45, 7) is 1.21. The second-order valence-electron chi connectivity index (χ2n) is 3.92. The van der Waals surface area contributed by atoms with Crippen molar-refractivity contribution in [1.82, 2.24) is 4.90 Å². The molecule has 0 atom stereocenters. The monoisotopic (exact) mass is 226 g/mol. The predicted molar refractivity (Wildman–Crippen MR) is 55.9 cm³/mol. The highest BCUT2D eigenvalue weighted by molar-refractivity contribution is 5.17. The first-order valence-corrected chi connectivity index (χ1v) is 5.28. The van der Waals surface area contributed by atoms with Crippen molar-refractivity contribution in [3.05, 3.63) is 28.0 Å². The molecule has 0 aromatic carbocycles. The lowest BCUT2D eigenvalue weighted by Crippen LogP contribution is -2.28. The minimum atomic E-state index is -0.545. The van der Waals surface area contributed by atoms with E-state index in [0.717, 1.165) is 12.8 Å². The second-order valence-corrected chi connectivity index (χ2v) is 3.92. The van der Waals surface area contributed by atoms with Crippen LogP contribution in [0.5, 0.6) is 0 Å². The fourth-order valence-electron chi connectivity index (χ4n) is 1.71. The number of furan rings is 1. The fraction of sp³-hybridized carbons (Fsp3) is 0.600. The van der Waals surface area contributed by atoms with Crippen LogP contribution < -0.4 is 0 Å². The number of hydrogen-bond donors (Lipinski definition) is 1. The zero-order chi connectivity index (χ0) is 11.5. The van der Waals surface area contributed by atoms with Crippen LogP contribution in [0.1, 0.15) is 18.6 Å². The molecular formula is C10H14N2O4. The summed E-state index contributed by atoms with van der Waals surface area (Å²) in [6, 6.07) is 3.47. The summed E-state index contributed by atoms with van der Waals surface area (Å²) in [5.41, 5.74) is 0. The lowest BCUT2D eigenvalue weighted by atomic mass is 10.4. The van der Waals surface area contributed by atoms with Gasteiger partial charge in [-0.3, -0.25) is 15.0 Å². The second kappa shape index (κ2) is 4.63. The van der Waals surface area contributed by atoms with Gasteiger partial charge in [0.1, 0.15) is 10.7 Å². The maximum atomic E-state index is 10.4. The molecule has 0 radical (unpaired) electrons. The first kappa shape index (κ1) is 11.1. The van der Waals surface area contributed by atoms with Gasteiger partial charge in [0, 0.05) is 12.6 Å². The van der Waals surface area contributed by atoms with Gasteiger partial charge in [0.25, 0.3) is 0 Å². The van der Waals surface area contributed by atoms with Crippen LogP contribution in [0.25, 0.3) is 0 Å². The highest BCUT2D eigenvalue weighted by atomic mass is 16.6. The Morgan fingerprint density at radius 1 is 1.56 bits per heavy atom. The molecule has 0 bridgehead atoms. The minimum absolute atomic E-state index is 0.0965. The molecule has 1 heterocycles. The van der Waals surface area contributed by atoms with Crippen molar-refractivity contribution in [3.8, 4) is 0 Å². The Labute approximate surface area is 92.6 Å². The molecule has 0 spiro atoms. The van der Waals surface area contributed by atoms with Gasteiger partial charge in [0.2, 0.25) is 0 Å². The molecule has 1 saturated carbocycles. The van der Waals surface area contributed by atoms with Gasteiger partial charge in [-0.1, -0.05) is 0 Å². The molecule has 0 unspecified atom stereocenters. The molecule has 6 nitrogen and oxygen atoms in total. The number of aliphatic hydroxyl groups is 1. The maximum absolute atomic E-state index is 10.4. The van der Waals surface area contributed by atoms with Crippen LogP contribution in [-0.4, -0.2) is 34.1 Å². The zero-order valence-corrected chi connectivity index (χ0v) is 8.83. The van der Waals surface area contributed by atoms with E-state index >= 15 is 0 Å². The van der Waals surface area contributed by atoms with Crippen LogP contribution in [0.3, 0.4) is 0 Å². The molecule has 88 valence electrons. The van der Waals surface area contributed by atoms with E-state index in [1.165, 1.54) is 6.07 Å². The highest BCUT2D eigenvalue weighted by Gasteiger charge is 2.29. The molecular weight excluding hydrogens is 212 g/mol. The standard InChI is InChI=1S/C10H14N2O4/c13-6-5-11(8-1-2-8)7-9-3-4-10(16-9)12(14)15/h3-4,8,13H,1-2,5-7H2. The van der Waals surface area contributed by atoms with Crippen molar-refractivity contribution in [2.24, 2.45) is 0 Å². The average molecular weight is 226 g/mol. The Balaban J connectivity index is 1.97. The predicted octanol–water partition coefficient (Wildman–Crippen LogP) is 1.14.